The SMILES string of the molecule is COCc1c(C(C=O)N=O)cc2n(c1=O)Cc1c-2nc2cc(P)c(C)c3c2c1CCC3. The number of nitroso groups, excluding NO2 is 1. The van der Waals surface area contributed by atoms with Gasteiger partial charge in [0.1, 0.15) is 0 Å². The van der Waals surface area contributed by atoms with Crippen LogP contribution in [0.4, 0.5) is 0 Å². The number of fused-ring (bicyclic) bond motifs is 4. The van der Waals surface area contributed by atoms with E-state index in [0.717, 1.165) is 41.3 Å². The third kappa shape index (κ3) is 2.83. The third-order valence-electron chi connectivity index (χ3n) is 6.62. The van der Waals surface area contributed by atoms with Crippen molar-refractivity contribution in [3.8, 4) is 11.4 Å². The summed E-state index contributed by atoms with van der Waals surface area (Å²) < 4.78 is 6.87. The maximum atomic E-state index is 13.4. The third-order valence-corrected chi connectivity index (χ3v) is 7.22. The molecule has 1 aliphatic carbocycles. The Hall–Kier alpha value is -2.76. The lowest BCUT2D eigenvalue weighted by atomic mass is 9.85. The largest absolute Gasteiger partial charge is 0.380 e. The van der Waals surface area contributed by atoms with Crippen LogP contribution in [0.3, 0.4) is 0 Å². The lowest BCUT2D eigenvalue weighted by molar-refractivity contribution is -0.109. The lowest BCUT2D eigenvalue weighted by Gasteiger charge is -2.22. The van der Waals surface area contributed by atoms with Gasteiger partial charge >= 0.3 is 0 Å². The summed E-state index contributed by atoms with van der Waals surface area (Å²) in [6.45, 7) is 2.58. The standard InChI is InChI=1S/C23H22N3O4P/c1-11-12-4-3-5-13-15-8-26-19(22(15)24-17(21(12)13)7-20(11)31)6-14(18(9-27)25-29)16(10-30-2)23(26)28/h6-7,9,18H,3-5,8,10,31H2,1-2H3. The molecule has 1 aromatic carbocycles. The molecule has 2 aromatic heterocycles. The summed E-state index contributed by atoms with van der Waals surface area (Å²) in [4.78, 5) is 41.1. The monoisotopic (exact) mass is 435 g/mol. The van der Waals surface area contributed by atoms with E-state index in [9.17, 15) is 14.5 Å². The molecule has 0 saturated heterocycles. The van der Waals surface area contributed by atoms with Crippen molar-refractivity contribution < 1.29 is 9.53 Å². The van der Waals surface area contributed by atoms with Crippen LogP contribution in [0.2, 0.25) is 0 Å². The van der Waals surface area contributed by atoms with Crippen molar-refractivity contribution in [3.63, 3.8) is 0 Å². The topological polar surface area (TPSA) is 90.6 Å². The number of hydrogen-bond donors (Lipinski definition) is 0. The summed E-state index contributed by atoms with van der Waals surface area (Å²) in [7, 11) is 4.27. The first-order valence-electron chi connectivity index (χ1n) is 10.3. The van der Waals surface area contributed by atoms with E-state index >= 15 is 0 Å². The van der Waals surface area contributed by atoms with Gasteiger partial charge in [-0.05, 0) is 60.3 Å². The van der Waals surface area contributed by atoms with Crippen molar-refractivity contribution >= 4 is 31.7 Å². The van der Waals surface area contributed by atoms with Gasteiger partial charge in [0.05, 0.1) is 30.1 Å². The van der Waals surface area contributed by atoms with Gasteiger partial charge in [-0.1, -0.05) is 5.18 Å². The predicted molar refractivity (Wildman–Crippen MR) is 122 cm³/mol. The number of hydrogen-bond acceptors (Lipinski definition) is 6. The quantitative estimate of drug-likeness (QED) is 0.273. The fourth-order valence-corrected chi connectivity index (χ4v) is 5.42. The van der Waals surface area contributed by atoms with E-state index in [1.54, 1.807) is 10.6 Å². The highest BCUT2D eigenvalue weighted by Gasteiger charge is 2.31. The van der Waals surface area contributed by atoms with E-state index in [4.69, 9.17) is 9.72 Å². The average Bonchev–Trinajstić information content (AvgIpc) is 3.14. The highest BCUT2D eigenvalue weighted by atomic mass is 31.0. The van der Waals surface area contributed by atoms with Crippen LogP contribution in [0.5, 0.6) is 0 Å². The van der Waals surface area contributed by atoms with E-state index in [-0.39, 0.29) is 17.7 Å². The van der Waals surface area contributed by atoms with Gasteiger partial charge in [0.25, 0.3) is 5.56 Å². The minimum atomic E-state index is -1.25. The van der Waals surface area contributed by atoms with Crippen molar-refractivity contribution in [2.75, 3.05) is 7.11 Å². The van der Waals surface area contributed by atoms with Gasteiger partial charge in [-0.3, -0.25) is 4.79 Å². The Labute approximate surface area is 181 Å². The van der Waals surface area contributed by atoms with E-state index in [1.165, 1.54) is 29.2 Å². The number of methoxy groups -OCH3 is 1. The Bertz CT molecular complexity index is 1340. The molecule has 158 valence electrons. The Balaban J connectivity index is 1.84. The zero-order valence-electron chi connectivity index (χ0n) is 17.4. The molecule has 0 radical (unpaired) electrons. The summed E-state index contributed by atoms with van der Waals surface area (Å²) in [5.74, 6) is 0. The molecule has 2 aliphatic rings. The lowest BCUT2D eigenvalue weighted by Crippen LogP contribution is -2.26. The van der Waals surface area contributed by atoms with Crippen molar-refractivity contribution in [2.45, 2.75) is 45.4 Å². The Morgan fingerprint density at radius 1 is 1.29 bits per heavy atom. The van der Waals surface area contributed by atoms with Crippen molar-refractivity contribution in [3.05, 3.63) is 60.8 Å². The number of nitrogens with zero attached hydrogens (tertiary/aromatic N) is 3. The van der Waals surface area contributed by atoms with Gasteiger partial charge in [-0.15, -0.1) is 14.1 Å². The van der Waals surface area contributed by atoms with Crippen LogP contribution in [0.15, 0.2) is 22.1 Å². The summed E-state index contributed by atoms with van der Waals surface area (Å²) in [5, 5.41) is 5.26. The number of aromatic nitrogens is 2. The van der Waals surface area contributed by atoms with Gasteiger partial charge in [0.2, 0.25) is 0 Å². The first-order chi connectivity index (χ1) is 15.0. The molecule has 0 spiro atoms. The normalized spacial score (nSPS) is 14.9. The second-order valence-corrected chi connectivity index (χ2v) is 8.83. The number of benzene rings is 1. The first kappa shape index (κ1) is 20.2. The van der Waals surface area contributed by atoms with Crippen LogP contribution in [-0.2, 0) is 35.5 Å². The maximum Gasteiger partial charge on any atom is 0.257 e. The minimum absolute atomic E-state index is 0.00662. The van der Waals surface area contributed by atoms with E-state index in [2.05, 4.69) is 27.4 Å². The highest BCUT2D eigenvalue weighted by Crippen LogP contribution is 2.41. The average molecular weight is 435 g/mol. The molecule has 1 aliphatic heterocycles. The van der Waals surface area contributed by atoms with Crippen LogP contribution in [0.1, 0.15) is 45.8 Å². The molecule has 0 bridgehead atoms. The van der Waals surface area contributed by atoms with Gasteiger partial charge in [-0.2, -0.15) is 0 Å². The van der Waals surface area contributed by atoms with E-state index < -0.39 is 6.04 Å². The molecule has 8 heteroatoms. The summed E-state index contributed by atoms with van der Waals surface area (Å²) in [6.07, 6.45) is 3.48. The fraction of sp³-hybridized carbons (Fsp3) is 0.348. The Kier molecular flexibility index (Phi) is 4.83. The van der Waals surface area contributed by atoms with Gasteiger partial charge < -0.3 is 14.1 Å². The summed E-state index contributed by atoms with van der Waals surface area (Å²) in [6, 6.07) is 2.54. The number of carbonyl (C=O) groups is 1. The van der Waals surface area contributed by atoms with E-state index in [0.29, 0.717) is 24.1 Å². The number of carbonyl (C=O) groups excluding carboxylic acids is 1. The molecular weight excluding hydrogens is 413 g/mol. The number of aldehydes is 1. The molecule has 0 saturated carbocycles. The molecule has 0 N–H and O–H groups in total. The molecule has 3 heterocycles. The van der Waals surface area contributed by atoms with E-state index in [1.807, 2.05) is 0 Å². The first-order valence-corrected chi connectivity index (χ1v) is 10.8. The second-order valence-electron chi connectivity index (χ2n) is 8.21. The number of aryl methyl sites for hydroxylation is 2. The molecule has 0 amide bonds. The zero-order chi connectivity index (χ0) is 21.9. The number of ether oxygens (including phenoxy) is 1. The number of pyridine rings is 2. The fourth-order valence-electron chi connectivity index (χ4n) is 5.09. The van der Waals surface area contributed by atoms with Crippen LogP contribution < -0.4 is 10.9 Å². The Morgan fingerprint density at radius 3 is 2.77 bits per heavy atom. The smallest absolute Gasteiger partial charge is 0.257 e. The molecular formula is C23H22N3O4P. The highest BCUT2D eigenvalue weighted by molar-refractivity contribution is 7.27. The predicted octanol–water partition coefficient (Wildman–Crippen LogP) is 2.88. The zero-order valence-corrected chi connectivity index (χ0v) is 18.6. The van der Waals surface area contributed by atoms with Crippen LogP contribution >= 0.6 is 9.24 Å². The van der Waals surface area contributed by atoms with Crippen molar-refractivity contribution in [1.29, 1.82) is 0 Å². The molecule has 31 heavy (non-hydrogen) atoms. The van der Waals surface area contributed by atoms with Gasteiger partial charge in [0.15, 0.2) is 12.3 Å². The summed E-state index contributed by atoms with van der Waals surface area (Å²) >= 11 is 0. The molecule has 3 aromatic rings. The summed E-state index contributed by atoms with van der Waals surface area (Å²) in [5.41, 5.74) is 7.55. The second kappa shape index (κ2) is 7.43. The van der Waals surface area contributed by atoms with Crippen LogP contribution in [-0.4, -0.2) is 22.9 Å². The van der Waals surface area contributed by atoms with Gasteiger partial charge in [-0.25, -0.2) is 4.98 Å². The number of rotatable bonds is 5. The molecule has 7 nitrogen and oxygen atoms in total. The minimum Gasteiger partial charge on any atom is -0.380 e. The molecule has 2 atom stereocenters. The van der Waals surface area contributed by atoms with Crippen molar-refractivity contribution in [2.24, 2.45) is 5.18 Å². The van der Waals surface area contributed by atoms with Crippen molar-refractivity contribution in [1.82, 2.24) is 9.55 Å². The van der Waals surface area contributed by atoms with Crippen LogP contribution in [0.25, 0.3) is 22.3 Å². The molecule has 5 rings (SSSR count). The molecule has 0 fully saturated rings. The Morgan fingerprint density at radius 2 is 2.06 bits per heavy atom. The van der Waals surface area contributed by atoms with Crippen LogP contribution in [0, 0.1) is 11.8 Å². The molecule has 2 unspecified atom stereocenters. The maximum absolute atomic E-state index is 13.4. The van der Waals surface area contributed by atoms with Gasteiger partial charge in [0, 0.05) is 29.2 Å².